The fourth-order valence-electron chi connectivity index (χ4n) is 4.97. The van der Waals surface area contributed by atoms with Gasteiger partial charge in [-0.05, 0) is 70.4 Å². The molecule has 2 aromatic heterocycles. The molecular weight excluding hydrogens is 388 g/mol. The summed E-state index contributed by atoms with van der Waals surface area (Å²) in [6, 6.07) is 3.66. The van der Waals surface area contributed by atoms with Crippen molar-refractivity contribution in [1.29, 1.82) is 0 Å². The van der Waals surface area contributed by atoms with Gasteiger partial charge in [-0.2, -0.15) is 0 Å². The van der Waals surface area contributed by atoms with Crippen LogP contribution in [0.25, 0.3) is 0 Å². The Hall–Kier alpha value is -1.93. The van der Waals surface area contributed by atoms with Crippen molar-refractivity contribution in [3.05, 3.63) is 34.8 Å². The summed E-state index contributed by atoms with van der Waals surface area (Å²) in [4.78, 5) is 4.73. The van der Waals surface area contributed by atoms with Crippen molar-refractivity contribution in [3.63, 3.8) is 0 Å². The molecule has 0 bridgehead atoms. The van der Waals surface area contributed by atoms with E-state index in [9.17, 15) is 8.42 Å². The molecular formula is C21H30N4O3S. The molecule has 29 heavy (non-hydrogen) atoms. The standard InChI is InChI=1S/C21H30N4O3S/c1-14-6-7-19(29(26,27)22-13-18-15(2)25-28-16(18)3)20(23-14)24-17-8-11-21(12-17)9-4-5-10-21/h6-7,17,22H,4-5,8-13H2,1-3H3,(H,23,24). The Morgan fingerprint density at radius 2 is 1.93 bits per heavy atom. The molecule has 2 aromatic rings. The van der Waals surface area contributed by atoms with Crippen LogP contribution in [0.15, 0.2) is 21.6 Å². The van der Waals surface area contributed by atoms with Crippen molar-refractivity contribution in [2.75, 3.05) is 5.32 Å². The van der Waals surface area contributed by atoms with E-state index in [1.807, 2.05) is 6.92 Å². The Balaban J connectivity index is 1.53. The molecule has 0 aliphatic heterocycles. The highest BCUT2D eigenvalue weighted by Crippen LogP contribution is 2.51. The summed E-state index contributed by atoms with van der Waals surface area (Å²) in [5.74, 6) is 1.08. The number of hydrogen-bond acceptors (Lipinski definition) is 6. The molecule has 0 aromatic carbocycles. The van der Waals surface area contributed by atoms with Crippen molar-refractivity contribution in [3.8, 4) is 0 Å². The van der Waals surface area contributed by atoms with Crippen LogP contribution in [0.2, 0.25) is 0 Å². The van der Waals surface area contributed by atoms with Crippen molar-refractivity contribution in [2.24, 2.45) is 5.41 Å². The minimum atomic E-state index is -3.73. The van der Waals surface area contributed by atoms with Crippen molar-refractivity contribution in [2.45, 2.75) is 83.2 Å². The van der Waals surface area contributed by atoms with Gasteiger partial charge in [0.05, 0.1) is 5.69 Å². The molecule has 2 N–H and O–H groups in total. The third-order valence-electron chi connectivity index (χ3n) is 6.61. The van der Waals surface area contributed by atoms with Crippen LogP contribution < -0.4 is 10.0 Å². The molecule has 0 amide bonds. The van der Waals surface area contributed by atoms with Crippen LogP contribution in [0.4, 0.5) is 5.82 Å². The number of sulfonamides is 1. The Kier molecular flexibility index (Phi) is 5.42. The van der Waals surface area contributed by atoms with Crippen LogP contribution in [-0.4, -0.2) is 24.6 Å². The fraction of sp³-hybridized carbons (Fsp3) is 0.619. The van der Waals surface area contributed by atoms with Gasteiger partial charge in [-0.25, -0.2) is 18.1 Å². The third-order valence-corrected chi connectivity index (χ3v) is 8.05. The topological polar surface area (TPSA) is 97.1 Å². The normalized spacial score (nSPS) is 21.1. The van der Waals surface area contributed by atoms with Crippen LogP contribution in [0.3, 0.4) is 0 Å². The van der Waals surface area contributed by atoms with E-state index in [0.29, 0.717) is 22.7 Å². The zero-order valence-corrected chi connectivity index (χ0v) is 18.2. The summed E-state index contributed by atoms with van der Waals surface area (Å²) in [7, 11) is -3.73. The third kappa shape index (κ3) is 4.19. The lowest BCUT2D eigenvalue weighted by atomic mass is 9.84. The number of nitrogens with zero attached hydrogens (tertiary/aromatic N) is 2. The number of pyridine rings is 1. The maximum absolute atomic E-state index is 13.1. The smallest absolute Gasteiger partial charge is 0.244 e. The second kappa shape index (κ2) is 7.72. The summed E-state index contributed by atoms with van der Waals surface area (Å²) in [5.41, 5.74) is 2.72. The van der Waals surface area contributed by atoms with Gasteiger partial charge in [-0.3, -0.25) is 0 Å². The molecule has 0 radical (unpaired) electrons. The fourth-order valence-corrected chi connectivity index (χ4v) is 6.06. The highest BCUT2D eigenvalue weighted by molar-refractivity contribution is 7.89. The van der Waals surface area contributed by atoms with Gasteiger partial charge in [-0.15, -0.1) is 0 Å². The Morgan fingerprint density at radius 1 is 1.17 bits per heavy atom. The van der Waals surface area contributed by atoms with Gasteiger partial charge in [0.25, 0.3) is 0 Å². The van der Waals surface area contributed by atoms with E-state index in [1.165, 1.54) is 32.1 Å². The molecule has 1 atom stereocenters. The summed E-state index contributed by atoms with van der Waals surface area (Å²) in [6.07, 6.45) is 8.65. The number of anilines is 1. The molecule has 2 heterocycles. The molecule has 1 unspecified atom stereocenters. The van der Waals surface area contributed by atoms with Crippen LogP contribution in [0.1, 0.15) is 67.7 Å². The van der Waals surface area contributed by atoms with E-state index in [1.54, 1.807) is 26.0 Å². The minimum absolute atomic E-state index is 0.142. The van der Waals surface area contributed by atoms with Gasteiger partial charge < -0.3 is 9.84 Å². The van der Waals surface area contributed by atoms with E-state index in [2.05, 4.69) is 20.2 Å². The van der Waals surface area contributed by atoms with Crippen LogP contribution in [0, 0.1) is 26.2 Å². The van der Waals surface area contributed by atoms with Crippen LogP contribution in [-0.2, 0) is 16.6 Å². The number of nitrogens with one attached hydrogen (secondary N) is 2. The zero-order chi connectivity index (χ0) is 20.6. The SMILES string of the molecule is Cc1ccc(S(=O)(=O)NCc2c(C)noc2C)c(NC2CCC3(CCCC3)C2)n1. The maximum atomic E-state index is 13.1. The van der Waals surface area contributed by atoms with Crippen LogP contribution in [0.5, 0.6) is 0 Å². The molecule has 1 spiro atoms. The predicted molar refractivity (Wildman–Crippen MR) is 111 cm³/mol. The molecule has 2 fully saturated rings. The highest BCUT2D eigenvalue weighted by Gasteiger charge is 2.41. The van der Waals surface area contributed by atoms with Gasteiger partial charge in [0.15, 0.2) is 0 Å². The van der Waals surface area contributed by atoms with Crippen molar-refractivity contribution >= 4 is 15.8 Å². The van der Waals surface area contributed by atoms with E-state index in [0.717, 1.165) is 24.1 Å². The van der Waals surface area contributed by atoms with Gasteiger partial charge >= 0.3 is 0 Å². The lowest BCUT2D eigenvalue weighted by Gasteiger charge is -2.23. The summed E-state index contributed by atoms with van der Waals surface area (Å²) < 4.78 is 33.9. The molecule has 7 nitrogen and oxygen atoms in total. The van der Waals surface area contributed by atoms with Gasteiger partial charge in [0, 0.05) is 23.8 Å². The van der Waals surface area contributed by atoms with Crippen molar-refractivity contribution in [1.82, 2.24) is 14.9 Å². The number of aryl methyl sites for hydroxylation is 3. The average molecular weight is 419 g/mol. The summed E-state index contributed by atoms with van der Waals surface area (Å²) in [6.45, 7) is 5.61. The zero-order valence-electron chi connectivity index (χ0n) is 17.4. The first-order valence-corrected chi connectivity index (χ1v) is 11.9. The second-order valence-electron chi connectivity index (χ2n) is 8.72. The van der Waals surface area contributed by atoms with E-state index in [-0.39, 0.29) is 17.5 Å². The first-order chi connectivity index (χ1) is 13.8. The van der Waals surface area contributed by atoms with E-state index in [4.69, 9.17) is 4.52 Å². The van der Waals surface area contributed by atoms with E-state index >= 15 is 0 Å². The first kappa shape index (κ1) is 20.3. The Labute approximate surface area is 172 Å². The minimum Gasteiger partial charge on any atom is -0.366 e. The van der Waals surface area contributed by atoms with Crippen molar-refractivity contribution < 1.29 is 12.9 Å². The molecule has 8 heteroatoms. The van der Waals surface area contributed by atoms with E-state index < -0.39 is 10.0 Å². The summed E-state index contributed by atoms with van der Waals surface area (Å²) >= 11 is 0. The average Bonchev–Trinajstić information content (AvgIpc) is 3.37. The van der Waals surface area contributed by atoms with Gasteiger partial charge in [0.2, 0.25) is 10.0 Å². The lowest BCUT2D eigenvalue weighted by Crippen LogP contribution is -2.27. The largest absolute Gasteiger partial charge is 0.366 e. The van der Waals surface area contributed by atoms with Crippen LogP contribution >= 0.6 is 0 Å². The first-order valence-electron chi connectivity index (χ1n) is 10.4. The Morgan fingerprint density at radius 3 is 2.62 bits per heavy atom. The highest BCUT2D eigenvalue weighted by atomic mass is 32.2. The second-order valence-corrected chi connectivity index (χ2v) is 10.5. The maximum Gasteiger partial charge on any atom is 0.244 e. The molecule has 2 aliphatic rings. The Bertz CT molecular complexity index is 974. The lowest BCUT2D eigenvalue weighted by molar-refractivity contribution is 0.306. The number of aromatic nitrogens is 2. The molecule has 4 rings (SSSR count). The van der Waals surface area contributed by atoms with Gasteiger partial charge in [-0.1, -0.05) is 18.0 Å². The van der Waals surface area contributed by atoms with Gasteiger partial charge in [0.1, 0.15) is 16.5 Å². The molecule has 2 aliphatic carbocycles. The number of rotatable bonds is 6. The quantitative estimate of drug-likeness (QED) is 0.736. The number of hydrogen-bond donors (Lipinski definition) is 2. The predicted octanol–water partition coefficient (Wildman–Crippen LogP) is 4.00. The molecule has 2 saturated carbocycles. The molecule has 0 saturated heterocycles. The summed E-state index contributed by atoms with van der Waals surface area (Å²) in [5, 5.41) is 7.35. The molecule has 158 valence electrons. The monoisotopic (exact) mass is 418 g/mol.